The first-order chi connectivity index (χ1) is 9.90. The summed E-state index contributed by atoms with van der Waals surface area (Å²) in [4.78, 5) is 24.5. The summed E-state index contributed by atoms with van der Waals surface area (Å²) in [6.07, 6.45) is 0. The molecule has 0 saturated heterocycles. The summed E-state index contributed by atoms with van der Waals surface area (Å²) in [6.45, 7) is 6.19. The number of hydrogen-bond donors (Lipinski definition) is 2. The third-order valence-corrected chi connectivity index (χ3v) is 2.97. The van der Waals surface area contributed by atoms with Crippen LogP contribution < -0.4 is 15.5 Å². The maximum Gasteiger partial charge on any atom is 0.315 e. The number of nitro benzene ring substituents is 1. The number of rotatable bonds is 7. The van der Waals surface area contributed by atoms with Gasteiger partial charge in [0, 0.05) is 19.6 Å². The van der Waals surface area contributed by atoms with Crippen LogP contribution in [0.1, 0.15) is 20.8 Å². The highest BCUT2D eigenvalue weighted by Gasteiger charge is 2.24. The van der Waals surface area contributed by atoms with Crippen molar-refractivity contribution >= 4 is 23.0 Å². The van der Waals surface area contributed by atoms with Gasteiger partial charge in [0.1, 0.15) is 11.4 Å². The third kappa shape index (κ3) is 4.34. The second kappa shape index (κ2) is 7.47. The van der Waals surface area contributed by atoms with Gasteiger partial charge in [0.05, 0.1) is 11.5 Å². The topological polar surface area (TPSA) is 87.5 Å². The Morgan fingerprint density at radius 2 is 2.10 bits per heavy atom. The lowest BCUT2D eigenvalue weighted by atomic mass is 10.2. The Morgan fingerprint density at radius 3 is 2.57 bits per heavy atom. The summed E-state index contributed by atoms with van der Waals surface area (Å²) in [5.41, 5.74) is 0.854. The molecule has 1 aromatic rings. The van der Waals surface area contributed by atoms with E-state index >= 15 is 0 Å². The van der Waals surface area contributed by atoms with E-state index in [1.54, 1.807) is 30.1 Å². The molecule has 0 heterocycles. The standard InChI is InChI=1S/C14H22N4O3/c1-5-17(9-13(19)16-10(2)3)12-8-6-7-11(15-4)14(12)18(20)21/h6-8,10,15H,5,9H2,1-4H3,(H,16,19). The lowest BCUT2D eigenvalue weighted by molar-refractivity contribution is -0.383. The van der Waals surface area contributed by atoms with E-state index < -0.39 is 4.92 Å². The highest BCUT2D eigenvalue weighted by molar-refractivity contribution is 5.84. The normalized spacial score (nSPS) is 10.3. The molecule has 0 aromatic heterocycles. The van der Waals surface area contributed by atoms with Crippen LogP contribution in [0.2, 0.25) is 0 Å². The molecule has 2 N–H and O–H groups in total. The molecule has 0 aliphatic heterocycles. The summed E-state index contributed by atoms with van der Waals surface area (Å²) in [7, 11) is 1.63. The second-order valence-corrected chi connectivity index (χ2v) is 4.92. The van der Waals surface area contributed by atoms with Crippen molar-refractivity contribution in [1.29, 1.82) is 0 Å². The fourth-order valence-electron chi connectivity index (χ4n) is 2.09. The van der Waals surface area contributed by atoms with Gasteiger partial charge in [-0.3, -0.25) is 14.9 Å². The summed E-state index contributed by atoms with van der Waals surface area (Å²) in [5.74, 6) is -0.156. The molecule has 116 valence electrons. The average Bonchev–Trinajstić information content (AvgIpc) is 2.42. The number of likely N-dealkylation sites (N-methyl/N-ethyl adjacent to an activating group) is 1. The monoisotopic (exact) mass is 294 g/mol. The predicted molar refractivity (Wildman–Crippen MR) is 83.8 cm³/mol. The number of para-hydroxylation sites is 1. The fourth-order valence-corrected chi connectivity index (χ4v) is 2.09. The number of amides is 1. The van der Waals surface area contributed by atoms with Crippen molar-refractivity contribution in [3.63, 3.8) is 0 Å². The Kier molecular flexibility index (Phi) is 5.95. The van der Waals surface area contributed by atoms with Gasteiger partial charge in [0.2, 0.25) is 5.91 Å². The molecule has 0 fully saturated rings. The molecule has 1 aromatic carbocycles. The summed E-state index contributed by atoms with van der Waals surface area (Å²) in [6, 6.07) is 5.07. The van der Waals surface area contributed by atoms with E-state index in [0.29, 0.717) is 17.9 Å². The SMILES string of the molecule is CCN(CC(=O)NC(C)C)c1cccc(NC)c1[N+](=O)[O-]. The molecule has 1 amide bonds. The van der Waals surface area contributed by atoms with Crippen molar-refractivity contribution in [3.8, 4) is 0 Å². The lowest BCUT2D eigenvalue weighted by Crippen LogP contribution is -2.40. The average molecular weight is 294 g/mol. The molecule has 0 spiro atoms. The number of anilines is 2. The molecule has 1 rings (SSSR count). The first kappa shape index (κ1) is 16.7. The fraction of sp³-hybridized carbons (Fsp3) is 0.500. The number of benzene rings is 1. The largest absolute Gasteiger partial charge is 0.382 e. The quantitative estimate of drug-likeness (QED) is 0.593. The summed E-state index contributed by atoms with van der Waals surface area (Å²) >= 11 is 0. The molecule has 0 atom stereocenters. The number of carbonyl (C=O) groups excluding carboxylic acids is 1. The Bertz CT molecular complexity index is 517. The van der Waals surface area contributed by atoms with Gasteiger partial charge in [0.25, 0.3) is 0 Å². The van der Waals surface area contributed by atoms with Crippen molar-refractivity contribution in [1.82, 2.24) is 5.32 Å². The van der Waals surface area contributed by atoms with Crippen molar-refractivity contribution in [2.75, 3.05) is 30.4 Å². The van der Waals surface area contributed by atoms with Gasteiger partial charge in [-0.1, -0.05) is 6.07 Å². The Morgan fingerprint density at radius 1 is 1.43 bits per heavy atom. The molecular weight excluding hydrogens is 272 g/mol. The highest BCUT2D eigenvalue weighted by Crippen LogP contribution is 2.34. The van der Waals surface area contributed by atoms with Crippen molar-refractivity contribution < 1.29 is 9.72 Å². The summed E-state index contributed by atoms with van der Waals surface area (Å²) < 4.78 is 0. The van der Waals surface area contributed by atoms with Crippen molar-refractivity contribution in [3.05, 3.63) is 28.3 Å². The smallest absolute Gasteiger partial charge is 0.315 e. The second-order valence-electron chi connectivity index (χ2n) is 4.92. The van der Waals surface area contributed by atoms with Gasteiger partial charge >= 0.3 is 5.69 Å². The Balaban J connectivity index is 3.11. The van der Waals surface area contributed by atoms with E-state index in [-0.39, 0.29) is 24.2 Å². The minimum atomic E-state index is -0.426. The van der Waals surface area contributed by atoms with Gasteiger partial charge in [-0.05, 0) is 32.9 Å². The maximum atomic E-state index is 11.9. The van der Waals surface area contributed by atoms with Crippen LogP contribution >= 0.6 is 0 Å². The lowest BCUT2D eigenvalue weighted by Gasteiger charge is -2.23. The van der Waals surface area contributed by atoms with Gasteiger partial charge in [0.15, 0.2) is 0 Å². The van der Waals surface area contributed by atoms with Crippen LogP contribution in [0, 0.1) is 10.1 Å². The zero-order valence-corrected chi connectivity index (χ0v) is 12.8. The molecule has 0 aliphatic carbocycles. The Labute approximate surface area is 124 Å². The van der Waals surface area contributed by atoms with E-state index in [1.165, 1.54) is 0 Å². The molecular formula is C14H22N4O3. The first-order valence-electron chi connectivity index (χ1n) is 6.90. The van der Waals surface area contributed by atoms with E-state index in [4.69, 9.17) is 0 Å². The summed E-state index contributed by atoms with van der Waals surface area (Å²) in [5, 5.41) is 16.9. The van der Waals surface area contributed by atoms with Crippen LogP contribution in [0.25, 0.3) is 0 Å². The van der Waals surface area contributed by atoms with Crippen LogP contribution in [-0.2, 0) is 4.79 Å². The van der Waals surface area contributed by atoms with E-state index in [9.17, 15) is 14.9 Å². The maximum absolute atomic E-state index is 11.9. The molecule has 0 unspecified atom stereocenters. The number of nitro groups is 1. The zero-order chi connectivity index (χ0) is 16.0. The molecule has 0 aliphatic rings. The first-order valence-corrected chi connectivity index (χ1v) is 6.90. The highest BCUT2D eigenvalue weighted by atomic mass is 16.6. The van der Waals surface area contributed by atoms with E-state index in [1.807, 2.05) is 20.8 Å². The number of hydrogen-bond acceptors (Lipinski definition) is 5. The van der Waals surface area contributed by atoms with Gasteiger partial charge in [-0.15, -0.1) is 0 Å². The van der Waals surface area contributed by atoms with E-state index in [2.05, 4.69) is 10.6 Å². The number of carbonyl (C=O) groups is 1. The van der Waals surface area contributed by atoms with Crippen molar-refractivity contribution in [2.24, 2.45) is 0 Å². The zero-order valence-electron chi connectivity index (χ0n) is 12.8. The number of nitrogens with zero attached hydrogens (tertiary/aromatic N) is 2. The van der Waals surface area contributed by atoms with Gasteiger partial charge < -0.3 is 15.5 Å². The predicted octanol–water partition coefficient (Wildman–Crippen LogP) is 1.99. The van der Waals surface area contributed by atoms with Gasteiger partial charge in [-0.2, -0.15) is 0 Å². The molecule has 0 bridgehead atoms. The minimum absolute atomic E-state index is 0.0146. The van der Waals surface area contributed by atoms with Gasteiger partial charge in [-0.25, -0.2) is 0 Å². The van der Waals surface area contributed by atoms with E-state index in [0.717, 1.165) is 0 Å². The van der Waals surface area contributed by atoms with Crippen LogP contribution in [0.5, 0.6) is 0 Å². The van der Waals surface area contributed by atoms with Crippen LogP contribution in [0.3, 0.4) is 0 Å². The molecule has 7 nitrogen and oxygen atoms in total. The van der Waals surface area contributed by atoms with Crippen molar-refractivity contribution in [2.45, 2.75) is 26.8 Å². The molecule has 0 saturated carbocycles. The number of nitrogens with one attached hydrogen (secondary N) is 2. The minimum Gasteiger partial charge on any atom is -0.382 e. The third-order valence-electron chi connectivity index (χ3n) is 2.97. The molecule has 21 heavy (non-hydrogen) atoms. The molecule has 7 heteroatoms. The van der Waals surface area contributed by atoms with Crippen LogP contribution in [-0.4, -0.2) is 37.0 Å². The molecule has 0 radical (unpaired) electrons. The van der Waals surface area contributed by atoms with Crippen LogP contribution in [0.4, 0.5) is 17.1 Å². The Hall–Kier alpha value is -2.31. The van der Waals surface area contributed by atoms with Crippen LogP contribution in [0.15, 0.2) is 18.2 Å².